The van der Waals surface area contributed by atoms with Gasteiger partial charge in [-0.2, -0.15) is 0 Å². The highest BCUT2D eigenvalue weighted by Gasteiger charge is 2.18. The summed E-state index contributed by atoms with van der Waals surface area (Å²) in [7, 11) is 0. The molecule has 0 aliphatic carbocycles. The lowest BCUT2D eigenvalue weighted by Gasteiger charge is -2.06. The summed E-state index contributed by atoms with van der Waals surface area (Å²) in [6.07, 6.45) is 1.24. The Hall–Kier alpha value is -3.68. The molecule has 8 nitrogen and oxygen atoms in total. The van der Waals surface area contributed by atoms with Crippen molar-refractivity contribution in [2.75, 3.05) is 11.9 Å². The summed E-state index contributed by atoms with van der Waals surface area (Å²) in [4.78, 5) is 34.7. The average molecular weight is 354 g/mol. The quantitative estimate of drug-likeness (QED) is 0.424. The van der Waals surface area contributed by atoms with Gasteiger partial charge in [0.1, 0.15) is 11.8 Å². The number of fused-ring (bicyclic) bond motifs is 1. The molecule has 0 radical (unpaired) electrons. The predicted molar refractivity (Wildman–Crippen MR) is 93.2 cm³/mol. The van der Waals surface area contributed by atoms with Gasteiger partial charge >= 0.3 is 5.97 Å². The second kappa shape index (κ2) is 7.06. The Balaban J connectivity index is 1.88. The first-order valence-corrected chi connectivity index (χ1v) is 7.73. The van der Waals surface area contributed by atoms with Crippen LogP contribution in [0, 0.1) is 10.1 Å². The summed E-state index contributed by atoms with van der Waals surface area (Å²) in [6, 6.07) is 10.3. The van der Waals surface area contributed by atoms with Gasteiger partial charge < -0.3 is 14.5 Å². The van der Waals surface area contributed by atoms with E-state index in [9.17, 15) is 19.7 Å². The molecule has 0 atom stereocenters. The van der Waals surface area contributed by atoms with E-state index in [1.54, 1.807) is 25.1 Å². The van der Waals surface area contributed by atoms with Crippen molar-refractivity contribution < 1.29 is 23.7 Å². The third-order valence-corrected chi connectivity index (χ3v) is 3.64. The summed E-state index contributed by atoms with van der Waals surface area (Å²) in [6.45, 7) is 1.95. The SMILES string of the molecule is CCOC(=O)c1cccc(NC(=O)c2coc3ccc([N+](=O)[O-])cc23)c1. The molecule has 0 aliphatic rings. The van der Waals surface area contributed by atoms with E-state index in [0.717, 1.165) is 0 Å². The molecule has 1 aromatic heterocycles. The Morgan fingerprint density at radius 1 is 1.23 bits per heavy atom. The van der Waals surface area contributed by atoms with Crippen molar-refractivity contribution in [1.82, 2.24) is 0 Å². The Morgan fingerprint density at radius 3 is 2.77 bits per heavy atom. The average Bonchev–Trinajstić information content (AvgIpc) is 3.05. The maximum absolute atomic E-state index is 12.5. The van der Waals surface area contributed by atoms with Crippen LogP contribution >= 0.6 is 0 Å². The highest BCUT2D eigenvalue weighted by atomic mass is 16.6. The van der Waals surface area contributed by atoms with Crippen LogP contribution in [0.3, 0.4) is 0 Å². The van der Waals surface area contributed by atoms with E-state index in [-0.39, 0.29) is 17.9 Å². The molecule has 3 aromatic rings. The van der Waals surface area contributed by atoms with Crippen molar-refractivity contribution >= 4 is 34.2 Å². The first-order valence-electron chi connectivity index (χ1n) is 7.73. The zero-order valence-corrected chi connectivity index (χ0v) is 13.7. The maximum atomic E-state index is 12.5. The molecular formula is C18H14N2O6. The number of ether oxygens (including phenoxy) is 1. The molecule has 1 N–H and O–H groups in total. The van der Waals surface area contributed by atoms with Gasteiger partial charge in [-0.15, -0.1) is 0 Å². The van der Waals surface area contributed by atoms with Crippen molar-refractivity contribution in [1.29, 1.82) is 0 Å². The number of carbonyl (C=O) groups excluding carboxylic acids is 2. The van der Waals surface area contributed by atoms with Crippen LogP contribution in [0.5, 0.6) is 0 Å². The second-order valence-corrected chi connectivity index (χ2v) is 5.34. The van der Waals surface area contributed by atoms with E-state index in [1.165, 1.54) is 30.5 Å². The van der Waals surface area contributed by atoms with Crippen LogP contribution in [0.4, 0.5) is 11.4 Å². The molecule has 2 aromatic carbocycles. The van der Waals surface area contributed by atoms with Gasteiger partial charge in [0.05, 0.1) is 22.7 Å². The van der Waals surface area contributed by atoms with Crippen LogP contribution in [-0.4, -0.2) is 23.4 Å². The molecule has 0 spiro atoms. The second-order valence-electron chi connectivity index (χ2n) is 5.34. The van der Waals surface area contributed by atoms with Crippen LogP contribution in [0.25, 0.3) is 11.0 Å². The first-order chi connectivity index (χ1) is 12.5. The van der Waals surface area contributed by atoms with Gasteiger partial charge in [-0.05, 0) is 31.2 Å². The fraction of sp³-hybridized carbons (Fsp3) is 0.111. The molecule has 0 bridgehead atoms. The lowest BCUT2D eigenvalue weighted by molar-refractivity contribution is -0.384. The van der Waals surface area contributed by atoms with Gasteiger partial charge in [0.25, 0.3) is 11.6 Å². The number of carbonyl (C=O) groups is 2. The number of nitro benzene ring substituents is 1. The lowest BCUT2D eigenvalue weighted by Crippen LogP contribution is -2.12. The lowest BCUT2D eigenvalue weighted by atomic mass is 10.1. The topological polar surface area (TPSA) is 112 Å². The normalized spacial score (nSPS) is 10.5. The standard InChI is InChI=1S/C18H14N2O6/c1-2-25-18(22)11-4-3-5-12(8-11)19-17(21)15-10-26-16-7-6-13(20(23)24)9-14(15)16/h3-10H,2H2,1H3,(H,19,21). The largest absolute Gasteiger partial charge is 0.463 e. The number of esters is 1. The minimum Gasteiger partial charge on any atom is -0.463 e. The predicted octanol–water partition coefficient (Wildman–Crippen LogP) is 3.77. The zero-order chi connectivity index (χ0) is 18.7. The van der Waals surface area contributed by atoms with Gasteiger partial charge in [0, 0.05) is 23.2 Å². The van der Waals surface area contributed by atoms with Crippen LogP contribution in [0.1, 0.15) is 27.6 Å². The molecule has 8 heteroatoms. The molecule has 1 heterocycles. The summed E-state index contributed by atoms with van der Waals surface area (Å²) in [5.74, 6) is -1.00. The number of rotatable bonds is 5. The maximum Gasteiger partial charge on any atom is 0.338 e. The number of hydrogen-bond acceptors (Lipinski definition) is 6. The number of anilines is 1. The van der Waals surface area contributed by atoms with Crippen molar-refractivity contribution in [2.45, 2.75) is 6.92 Å². The smallest absolute Gasteiger partial charge is 0.338 e. The van der Waals surface area contributed by atoms with Crippen LogP contribution in [-0.2, 0) is 4.74 Å². The highest BCUT2D eigenvalue weighted by Crippen LogP contribution is 2.26. The van der Waals surface area contributed by atoms with Crippen molar-refractivity contribution in [2.24, 2.45) is 0 Å². The minimum atomic E-state index is -0.545. The fourth-order valence-corrected chi connectivity index (χ4v) is 2.44. The van der Waals surface area contributed by atoms with Crippen LogP contribution in [0.2, 0.25) is 0 Å². The molecular weight excluding hydrogens is 340 g/mol. The van der Waals surface area contributed by atoms with Crippen molar-refractivity contribution in [3.63, 3.8) is 0 Å². The van der Waals surface area contributed by atoms with Crippen LogP contribution in [0.15, 0.2) is 53.1 Å². The van der Waals surface area contributed by atoms with Gasteiger partial charge in [0.15, 0.2) is 0 Å². The van der Waals surface area contributed by atoms with Crippen LogP contribution < -0.4 is 5.32 Å². The van der Waals surface area contributed by atoms with Gasteiger partial charge in [-0.1, -0.05) is 6.07 Å². The van der Waals surface area contributed by atoms with E-state index in [1.807, 2.05) is 0 Å². The summed E-state index contributed by atoms with van der Waals surface area (Å²) in [5, 5.41) is 13.9. The van der Waals surface area contributed by atoms with Gasteiger partial charge in [-0.3, -0.25) is 14.9 Å². The zero-order valence-electron chi connectivity index (χ0n) is 13.7. The molecule has 0 fully saturated rings. The minimum absolute atomic E-state index is 0.141. The van der Waals surface area contributed by atoms with Gasteiger partial charge in [-0.25, -0.2) is 4.79 Å². The molecule has 26 heavy (non-hydrogen) atoms. The number of nitrogens with zero attached hydrogens (tertiary/aromatic N) is 1. The number of nitrogens with one attached hydrogen (secondary N) is 1. The third-order valence-electron chi connectivity index (χ3n) is 3.64. The Kier molecular flexibility index (Phi) is 4.66. The fourth-order valence-electron chi connectivity index (χ4n) is 2.44. The molecule has 0 saturated heterocycles. The summed E-state index contributed by atoms with van der Waals surface area (Å²) < 4.78 is 10.2. The molecule has 0 aliphatic heterocycles. The number of hydrogen-bond donors (Lipinski definition) is 1. The number of benzene rings is 2. The molecule has 0 saturated carbocycles. The number of nitro groups is 1. The van der Waals surface area contributed by atoms with E-state index in [4.69, 9.17) is 9.15 Å². The van der Waals surface area contributed by atoms with E-state index in [2.05, 4.69) is 5.32 Å². The Bertz CT molecular complexity index is 1010. The molecule has 0 unspecified atom stereocenters. The Morgan fingerprint density at radius 2 is 2.04 bits per heavy atom. The van der Waals surface area contributed by atoms with Gasteiger partial charge in [0.2, 0.25) is 0 Å². The molecule has 1 amide bonds. The van der Waals surface area contributed by atoms with E-state index < -0.39 is 16.8 Å². The number of amides is 1. The third kappa shape index (κ3) is 3.39. The number of furan rings is 1. The van der Waals surface area contributed by atoms with E-state index >= 15 is 0 Å². The summed E-state index contributed by atoms with van der Waals surface area (Å²) in [5.41, 5.74) is 1.07. The van der Waals surface area contributed by atoms with E-state index in [0.29, 0.717) is 22.2 Å². The summed E-state index contributed by atoms with van der Waals surface area (Å²) >= 11 is 0. The van der Waals surface area contributed by atoms with Crippen molar-refractivity contribution in [3.05, 3.63) is 70.0 Å². The molecule has 132 valence electrons. The number of non-ortho nitro benzene ring substituents is 1. The highest BCUT2D eigenvalue weighted by molar-refractivity contribution is 6.12. The first kappa shape index (κ1) is 17.2. The Labute approximate surface area is 147 Å². The molecule has 3 rings (SSSR count). The monoisotopic (exact) mass is 354 g/mol. The van der Waals surface area contributed by atoms with Crippen molar-refractivity contribution in [3.8, 4) is 0 Å².